The highest BCUT2D eigenvalue weighted by Crippen LogP contribution is 2.35. The van der Waals surface area contributed by atoms with Crippen molar-refractivity contribution in [2.45, 2.75) is 25.6 Å². The molecule has 0 unspecified atom stereocenters. The van der Waals surface area contributed by atoms with Gasteiger partial charge < -0.3 is 20.2 Å². The summed E-state index contributed by atoms with van der Waals surface area (Å²) in [4.78, 5) is 14.9. The van der Waals surface area contributed by atoms with Crippen molar-refractivity contribution in [1.82, 2.24) is 4.90 Å². The standard InChI is InChI=1S/C15H22F3N3O2/c1-14(2,23)9-21(5)13(22)19-11-8-10(15(16,17)18)6-7-12(11)20(3)4/h6-8,23H,9H2,1-5H3,(H,19,22). The van der Waals surface area contributed by atoms with Gasteiger partial charge >= 0.3 is 12.2 Å². The number of nitrogens with one attached hydrogen (secondary N) is 1. The lowest BCUT2D eigenvalue weighted by atomic mass is 10.1. The van der Waals surface area contributed by atoms with E-state index in [1.807, 2.05) is 0 Å². The lowest BCUT2D eigenvalue weighted by Crippen LogP contribution is -2.41. The molecule has 8 heteroatoms. The number of aliphatic hydroxyl groups is 1. The number of carbonyl (C=O) groups excluding carboxylic acids is 1. The summed E-state index contributed by atoms with van der Waals surface area (Å²) in [6, 6.07) is 2.56. The SMILES string of the molecule is CN(CC(C)(C)O)C(=O)Nc1cc(C(F)(F)F)ccc1N(C)C. The van der Waals surface area contributed by atoms with Gasteiger partial charge in [-0.05, 0) is 32.0 Å². The number of likely N-dealkylation sites (N-methyl/N-ethyl adjacent to an activating group) is 1. The normalized spacial score (nSPS) is 12.0. The highest BCUT2D eigenvalue weighted by molar-refractivity contribution is 5.93. The van der Waals surface area contributed by atoms with E-state index in [1.165, 1.54) is 31.9 Å². The molecule has 2 amide bonds. The van der Waals surface area contributed by atoms with E-state index in [-0.39, 0.29) is 12.2 Å². The minimum absolute atomic E-state index is 0.0368. The number of anilines is 2. The number of halogens is 3. The molecule has 0 bridgehead atoms. The number of hydrogen-bond acceptors (Lipinski definition) is 3. The van der Waals surface area contributed by atoms with Crippen LogP contribution in [0.4, 0.5) is 29.3 Å². The van der Waals surface area contributed by atoms with E-state index in [2.05, 4.69) is 5.32 Å². The van der Waals surface area contributed by atoms with Gasteiger partial charge in [0.1, 0.15) is 0 Å². The molecular weight excluding hydrogens is 311 g/mol. The van der Waals surface area contributed by atoms with Crippen LogP contribution in [0.3, 0.4) is 0 Å². The molecule has 1 aromatic rings. The number of urea groups is 1. The Morgan fingerprint density at radius 2 is 1.78 bits per heavy atom. The van der Waals surface area contributed by atoms with Crippen LogP contribution in [0.2, 0.25) is 0 Å². The van der Waals surface area contributed by atoms with Crippen molar-refractivity contribution in [3.8, 4) is 0 Å². The summed E-state index contributed by atoms with van der Waals surface area (Å²) in [5.41, 5.74) is -1.45. The van der Waals surface area contributed by atoms with Crippen LogP contribution < -0.4 is 10.2 Å². The molecule has 0 saturated carbocycles. The fourth-order valence-electron chi connectivity index (χ4n) is 2.07. The Hall–Kier alpha value is -1.96. The van der Waals surface area contributed by atoms with Gasteiger partial charge in [0.2, 0.25) is 0 Å². The first-order valence-corrected chi connectivity index (χ1v) is 6.94. The molecule has 0 heterocycles. The summed E-state index contributed by atoms with van der Waals surface area (Å²) in [5.74, 6) is 0. The third kappa shape index (κ3) is 5.63. The van der Waals surface area contributed by atoms with Crippen molar-refractivity contribution in [2.75, 3.05) is 37.9 Å². The largest absolute Gasteiger partial charge is 0.416 e. The van der Waals surface area contributed by atoms with Crippen molar-refractivity contribution >= 4 is 17.4 Å². The van der Waals surface area contributed by atoms with E-state index >= 15 is 0 Å². The van der Waals surface area contributed by atoms with E-state index in [1.54, 1.807) is 19.0 Å². The van der Waals surface area contributed by atoms with Gasteiger partial charge in [0.25, 0.3) is 0 Å². The minimum Gasteiger partial charge on any atom is -0.389 e. The van der Waals surface area contributed by atoms with Crippen molar-refractivity contribution in [2.24, 2.45) is 0 Å². The van der Waals surface area contributed by atoms with Crippen molar-refractivity contribution in [3.05, 3.63) is 23.8 Å². The Bertz CT molecular complexity index is 566. The summed E-state index contributed by atoms with van der Waals surface area (Å²) < 4.78 is 38.5. The Morgan fingerprint density at radius 3 is 2.22 bits per heavy atom. The van der Waals surface area contributed by atoms with E-state index in [9.17, 15) is 23.1 Å². The topological polar surface area (TPSA) is 55.8 Å². The molecule has 1 rings (SSSR count). The number of carbonyl (C=O) groups is 1. The molecule has 0 spiro atoms. The van der Waals surface area contributed by atoms with Crippen LogP contribution in [0.5, 0.6) is 0 Å². The van der Waals surface area contributed by atoms with Crippen molar-refractivity contribution in [3.63, 3.8) is 0 Å². The fourth-order valence-corrected chi connectivity index (χ4v) is 2.07. The Labute approximate surface area is 133 Å². The molecule has 0 saturated heterocycles. The van der Waals surface area contributed by atoms with Crippen LogP contribution in [0.1, 0.15) is 19.4 Å². The van der Waals surface area contributed by atoms with Crippen molar-refractivity contribution < 1.29 is 23.1 Å². The maximum atomic E-state index is 12.8. The van der Waals surface area contributed by atoms with E-state index in [0.717, 1.165) is 12.1 Å². The van der Waals surface area contributed by atoms with Crippen LogP contribution in [0.25, 0.3) is 0 Å². The van der Waals surface area contributed by atoms with Gasteiger partial charge in [-0.3, -0.25) is 0 Å². The number of alkyl halides is 3. The predicted octanol–water partition coefficient (Wildman–Crippen LogP) is 3.01. The first-order valence-electron chi connectivity index (χ1n) is 6.94. The van der Waals surface area contributed by atoms with Crippen LogP contribution >= 0.6 is 0 Å². The zero-order valence-corrected chi connectivity index (χ0v) is 13.8. The molecule has 1 aromatic carbocycles. The maximum Gasteiger partial charge on any atom is 0.416 e. The molecule has 23 heavy (non-hydrogen) atoms. The molecule has 0 fully saturated rings. The molecule has 5 nitrogen and oxygen atoms in total. The van der Waals surface area contributed by atoms with Gasteiger partial charge in [-0.1, -0.05) is 0 Å². The number of hydrogen-bond donors (Lipinski definition) is 2. The molecule has 2 N–H and O–H groups in total. The second-order valence-electron chi connectivity index (χ2n) is 6.22. The highest BCUT2D eigenvalue weighted by Gasteiger charge is 2.31. The number of amides is 2. The molecule has 0 aliphatic carbocycles. The van der Waals surface area contributed by atoms with Gasteiger partial charge in [0.15, 0.2) is 0 Å². The smallest absolute Gasteiger partial charge is 0.389 e. The molecule has 130 valence electrons. The Morgan fingerprint density at radius 1 is 1.22 bits per heavy atom. The summed E-state index contributed by atoms with van der Waals surface area (Å²) in [5, 5.41) is 12.2. The summed E-state index contributed by atoms with van der Waals surface area (Å²) in [6.07, 6.45) is -4.50. The molecular formula is C15H22F3N3O2. The molecule has 0 radical (unpaired) electrons. The van der Waals surface area contributed by atoms with Gasteiger partial charge in [-0.15, -0.1) is 0 Å². The van der Waals surface area contributed by atoms with Crippen LogP contribution in [0.15, 0.2) is 18.2 Å². The highest BCUT2D eigenvalue weighted by atomic mass is 19.4. The third-order valence-corrected chi connectivity index (χ3v) is 3.02. The number of rotatable bonds is 4. The fraction of sp³-hybridized carbons (Fsp3) is 0.533. The second kappa shape index (κ2) is 6.66. The summed E-state index contributed by atoms with van der Waals surface area (Å²) >= 11 is 0. The predicted molar refractivity (Wildman–Crippen MR) is 83.7 cm³/mol. The van der Waals surface area contributed by atoms with Gasteiger partial charge in [0.05, 0.1) is 29.1 Å². The quantitative estimate of drug-likeness (QED) is 0.891. The average molecular weight is 333 g/mol. The number of nitrogens with zero attached hydrogens (tertiary/aromatic N) is 2. The summed E-state index contributed by atoms with van der Waals surface area (Å²) in [6.45, 7) is 3.10. The average Bonchev–Trinajstić information content (AvgIpc) is 2.35. The second-order valence-corrected chi connectivity index (χ2v) is 6.22. The lowest BCUT2D eigenvalue weighted by Gasteiger charge is -2.27. The maximum absolute atomic E-state index is 12.8. The third-order valence-electron chi connectivity index (χ3n) is 3.02. The summed E-state index contributed by atoms with van der Waals surface area (Å²) in [7, 11) is 4.79. The molecule has 0 atom stereocenters. The first kappa shape index (κ1) is 19.1. The lowest BCUT2D eigenvalue weighted by molar-refractivity contribution is -0.137. The van der Waals surface area contributed by atoms with E-state index < -0.39 is 23.4 Å². The van der Waals surface area contributed by atoms with Gasteiger partial charge in [0, 0.05) is 21.1 Å². The number of benzene rings is 1. The zero-order valence-electron chi connectivity index (χ0n) is 13.8. The molecule has 0 aromatic heterocycles. The molecule has 0 aliphatic heterocycles. The van der Waals surface area contributed by atoms with Crippen LogP contribution in [-0.2, 0) is 6.18 Å². The molecule has 0 aliphatic rings. The van der Waals surface area contributed by atoms with Crippen LogP contribution in [-0.4, -0.2) is 49.3 Å². The zero-order chi connectivity index (χ0) is 18.0. The monoisotopic (exact) mass is 333 g/mol. The van der Waals surface area contributed by atoms with Crippen LogP contribution in [0, 0.1) is 0 Å². The van der Waals surface area contributed by atoms with E-state index in [0.29, 0.717) is 5.69 Å². The van der Waals surface area contributed by atoms with Crippen molar-refractivity contribution in [1.29, 1.82) is 0 Å². The Balaban J connectivity index is 3.07. The Kier molecular flexibility index (Phi) is 5.52. The van der Waals surface area contributed by atoms with Gasteiger partial charge in [-0.25, -0.2) is 4.79 Å². The van der Waals surface area contributed by atoms with Gasteiger partial charge in [-0.2, -0.15) is 13.2 Å². The van der Waals surface area contributed by atoms with E-state index in [4.69, 9.17) is 0 Å². The first-order chi connectivity index (χ1) is 10.3. The minimum atomic E-state index is -4.50.